The molecule has 4 aromatic carbocycles. The van der Waals surface area contributed by atoms with Crippen LogP contribution in [0.1, 0.15) is 38.8 Å². The molecule has 3 aliphatic heterocycles. The minimum absolute atomic E-state index is 0.0745. The molecule has 1 fully saturated rings. The Balaban J connectivity index is 1.55. The van der Waals surface area contributed by atoms with Crippen LogP contribution >= 0.6 is 0 Å². The summed E-state index contributed by atoms with van der Waals surface area (Å²) in [6.45, 7) is 1.96. The van der Waals surface area contributed by atoms with Gasteiger partial charge in [-0.05, 0) is 30.2 Å². The van der Waals surface area contributed by atoms with Crippen LogP contribution in [0.15, 0.2) is 109 Å². The van der Waals surface area contributed by atoms with Crippen molar-refractivity contribution in [1.82, 2.24) is 0 Å². The maximum Gasteiger partial charge on any atom is 0.270 e. The van der Waals surface area contributed by atoms with Crippen LogP contribution in [0.3, 0.4) is 0 Å². The van der Waals surface area contributed by atoms with Crippen molar-refractivity contribution in [2.24, 2.45) is 5.92 Å². The minimum Gasteiger partial charge on any atom is -0.352 e. The predicted octanol–water partition coefficient (Wildman–Crippen LogP) is 5.84. The highest BCUT2D eigenvalue weighted by Gasteiger charge is 2.70. The molecule has 3 heterocycles. The third kappa shape index (κ3) is 3.44. The number of carbonyl (C=O) groups excluding carboxylic acids is 3. The van der Waals surface area contributed by atoms with Crippen LogP contribution in [0, 0.1) is 16.0 Å². The summed E-state index contributed by atoms with van der Waals surface area (Å²) in [6.07, 6.45) is 1.98. The van der Waals surface area contributed by atoms with Gasteiger partial charge in [-0.15, -0.1) is 0 Å². The Morgan fingerprint density at radius 1 is 0.857 bits per heavy atom. The SMILES string of the molecule is CC1=CC2N(c3ccccc31)C(C(=O)c1ccccc1)C(C(=O)c1cccc([N+](=O)[O-])c1)C21C(=O)Nc2ccccc21. The number of non-ortho nitro benzene ring substituents is 1. The van der Waals surface area contributed by atoms with E-state index in [0.29, 0.717) is 16.8 Å². The zero-order chi connectivity index (χ0) is 29.2. The Kier molecular flexibility index (Phi) is 5.69. The lowest BCUT2D eigenvalue weighted by molar-refractivity contribution is -0.384. The fraction of sp³-hybridized carbons (Fsp3) is 0.147. The van der Waals surface area contributed by atoms with Crippen molar-refractivity contribution < 1.29 is 19.3 Å². The zero-order valence-corrected chi connectivity index (χ0v) is 22.6. The van der Waals surface area contributed by atoms with Gasteiger partial charge in [0.1, 0.15) is 11.5 Å². The Morgan fingerprint density at radius 3 is 2.33 bits per heavy atom. The number of benzene rings is 4. The summed E-state index contributed by atoms with van der Waals surface area (Å²) in [5.74, 6) is -2.38. The number of ketones is 2. The molecule has 1 N–H and O–H groups in total. The van der Waals surface area contributed by atoms with E-state index in [-0.39, 0.29) is 22.9 Å². The van der Waals surface area contributed by atoms with E-state index in [0.717, 1.165) is 16.8 Å². The highest BCUT2D eigenvalue weighted by Crippen LogP contribution is 2.58. The van der Waals surface area contributed by atoms with E-state index in [4.69, 9.17) is 0 Å². The first-order chi connectivity index (χ1) is 20.3. The molecule has 4 atom stereocenters. The second-order valence-electron chi connectivity index (χ2n) is 10.9. The number of fused-ring (bicyclic) bond motifs is 6. The number of hydrogen-bond donors (Lipinski definition) is 1. The molecule has 0 radical (unpaired) electrons. The summed E-state index contributed by atoms with van der Waals surface area (Å²) in [4.78, 5) is 56.9. The van der Waals surface area contributed by atoms with Crippen LogP contribution in [0.4, 0.5) is 17.1 Å². The van der Waals surface area contributed by atoms with E-state index in [1.165, 1.54) is 24.3 Å². The number of allylic oxidation sites excluding steroid dienone is 1. The van der Waals surface area contributed by atoms with Gasteiger partial charge in [0.2, 0.25) is 5.91 Å². The molecule has 4 aromatic rings. The summed E-state index contributed by atoms with van der Waals surface area (Å²) in [6, 6.07) is 27.4. The van der Waals surface area contributed by atoms with Gasteiger partial charge >= 0.3 is 0 Å². The van der Waals surface area contributed by atoms with Crippen molar-refractivity contribution in [3.63, 3.8) is 0 Å². The van der Waals surface area contributed by atoms with Gasteiger partial charge in [-0.3, -0.25) is 24.5 Å². The molecular formula is C34H25N3O5. The number of Topliss-reactive ketones (excluding diaryl/α,β-unsaturated/α-hetero) is 2. The van der Waals surface area contributed by atoms with Crippen molar-refractivity contribution in [2.45, 2.75) is 24.4 Å². The summed E-state index contributed by atoms with van der Waals surface area (Å²) in [5, 5.41) is 14.7. The van der Waals surface area contributed by atoms with Gasteiger partial charge in [0.05, 0.1) is 16.9 Å². The molecule has 4 unspecified atom stereocenters. The van der Waals surface area contributed by atoms with Gasteiger partial charge in [-0.25, -0.2) is 0 Å². The van der Waals surface area contributed by atoms with Crippen molar-refractivity contribution in [3.05, 3.63) is 142 Å². The fourth-order valence-corrected chi connectivity index (χ4v) is 7.11. The van der Waals surface area contributed by atoms with E-state index < -0.39 is 34.1 Å². The van der Waals surface area contributed by atoms with Crippen molar-refractivity contribution in [3.8, 4) is 0 Å². The number of anilines is 2. The Morgan fingerprint density at radius 2 is 1.55 bits per heavy atom. The molecule has 206 valence electrons. The van der Waals surface area contributed by atoms with Crippen LogP contribution < -0.4 is 10.2 Å². The molecule has 3 aliphatic rings. The number of hydrogen-bond acceptors (Lipinski definition) is 6. The Bertz CT molecular complexity index is 1850. The second kappa shape index (κ2) is 9.34. The molecule has 1 spiro atoms. The van der Waals surface area contributed by atoms with Crippen LogP contribution in [0.25, 0.3) is 5.57 Å². The number of para-hydroxylation sites is 2. The largest absolute Gasteiger partial charge is 0.352 e. The first kappa shape index (κ1) is 25.6. The minimum atomic E-state index is -1.48. The van der Waals surface area contributed by atoms with Crippen LogP contribution in [-0.2, 0) is 10.2 Å². The molecular weight excluding hydrogens is 530 g/mol. The third-order valence-corrected chi connectivity index (χ3v) is 8.83. The van der Waals surface area contributed by atoms with Crippen molar-refractivity contribution in [1.29, 1.82) is 0 Å². The number of nitro benzene ring substituents is 1. The van der Waals surface area contributed by atoms with E-state index in [1.54, 1.807) is 30.3 Å². The topological polar surface area (TPSA) is 110 Å². The summed E-state index contributed by atoms with van der Waals surface area (Å²) >= 11 is 0. The molecule has 42 heavy (non-hydrogen) atoms. The molecule has 1 saturated heterocycles. The lowest BCUT2D eigenvalue weighted by Gasteiger charge is -2.39. The van der Waals surface area contributed by atoms with Crippen LogP contribution in [-0.4, -0.2) is 34.5 Å². The lowest BCUT2D eigenvalue weighted by atomic mass is 9.64. The maximum atomic E-state index is 14.8. The Hall–Kier alpha value is -5.37. The molecule has 8 heteroatoms. The maximum absolute atomic E-state index is 14.8. The number of nitrogens with zero attached hydrogens (tertiary/aromatic N) is 2. The third-order valence-electron chi connectivity index (χ3n) is 8.83. The van der Waals surface area contributed by atoms with E-state index in [1.807, 2.05) is 66.4 Å². The Labute approximate surface area is 241 Å². The first-order valence-corrected chi connectivity index (χ1v) is 13.7. The van der Waals surface area contributed by atoms with Gasteiger partial charge in [0.15, 0.2) is 11.6 Å². The predicted molar refractivity (Wildman–Crippen MR) is 159 cm³/mol. The lowest BCUT2D eigenvalue weighted by Crippen LogP contribution is -2.51. The molecule has 7 rings (SSSR count). The summed E-state index contributed by atoms with van der Waals surface area (Å²) < 4.78 is 0. The zero-order valence-electron chi connectivity index (χ0n) is 22.6. The van der Waals surface area contributed by atoms with Crippen molar-refractivity contribution in [2.75, 3.05) is 10.2 Å². The normalized spacial score (nSPS) is 23.5. The first-order valence-electron chi connectivity index (χ1n) is 13.7. The van der Waals surface area contributed by atoms with Gasteiger partial charge in [-0.1, -0.05) is 84.9 Å². The molecule has 0 aliphatic carbocycles. The van der Waals surface area contributed by atoms with Gasteiger partial charge < -0.3 is 10.2 Å². The highest BCUT2D eigenvalue weighted by molar-refractivity contribution is 6.18. The molecule has 0 aromatic heterocycles. The van der Waals surface area contributed by atoms with Gasteiger partial charge in [0.25, 0.3) is 5.69 Å². The molecule has 0 bridgehead atoms. The number of rotatable bonds is 5. The van der Waals surface area contributed by atoms with E-state index >= 15 is 0 Å². The monoisotopic (exact) mass is 555 g/mol. The number of carbonyl (C=O) groups is 3. The molecule has 8 nitrogen and oxygen atoms in total. The quantitative estimate of drug-likeness (QED) is 0.188. The average Bonchev–Trinajstić information content (AvgIpc) is 3.49. The number of amides is 1. The van der Waals surface area contributed by atoms with Crippen LogP contribution in [0.2, 0.25) is 0 Å². The average molecular weight is 556 g/mol. The van der Waals surface area contributed by atoms with E-state index in [9.17, 15) is 24.5 Å². The standard InChI is InChI=1S/C34H25N3O5/c1-20-18-28-34(25-15-6-7-16-26(25)35-33(34)40)29(31(38)22-12-9-13-23(19-22)37(41)42)30(32(39)21-10-3-2-4-11-21)36(28)27-17-8-5-14-24(20)27/h2-19,28-30H,1H3,(H,35,40). The van der Waals surface area contributed by atoms with Gasteiger partial charge in [0, 0.05) is 40.2 Å². The summed E-state index contributed by atoms with van der Waals surface area (Å²) in [5.41, 5.74) is 2.55. The van der Waals surface area contributed by atoms with Crippen molar-refractivity contribution >= 4 is 40.1 Å². The number of nitrogens with one attached hydrogen (secondary N) is 1. The van der Waals surface area contributed by atoms with Gasteiger partial charge in [-0.2, -0.15) is 0 Å². The van der Waals surface area contributed by atoms with E-state index in [2.05, 4.69) is 5.32 Å². The fourth-order valence-electron chi connectivity index (χ4n) is 7.11. The summed E-state index contributed by atoms with van der Waals surface area (Å²) in [7, 11) is 0. The molecule has 1 amide bonds. The smallest absolute Gasteiger partial charge is 0.270 e. The van der Waals surface area contributed by atoms with Crippen LogP contribution in [0.5, 0.6) is 0 Å². The highest BCUT2D eigenvalue weighted by atomic mass is 16.6. The second-order valence-corrected chi connectivity index (χ2v) is 10.9. The number of nitro groups is 1. The molecule has 0 saturated carbocycles.